The predicted octanol–water partition coefficient (Wildman–Crippen LogP) is 2.26. The Morgan fingerprint density at radius 1 is 1.17 bits per heavy atom. The molecule has 1 aromatic carbocycles. The second-order valence-electron chi connectivity index (χ2n) is 5.41. The number of hydrogen-bond donors (Lipinski definition) is 0. The van der Waals surface area contributed by atoms with Crippen molar-refractivity contribution in [3.63, 3.8) is 0 Å². The van der Waals surface area contributed by atoms with E-state index in [-0.39, 0.29) is 23.9 Å². The molecule has 0 atom stereocenters. The molecule has 0 spiro atoms. The first-order valence-electron chi connectivity index (χ1n) is 7.17. The van der Waals surface area contributed by atoms with Crippen molar-refractivity contribution in [2.45, 2.75) is 10.8 Å². The minimum atomic E-state index is -3.64. The van der Waals surface area contributed by atoms with Crippen molar-refractivity contribution in [1.82, 2.24) is 14.4 Å². The van der Waals surface area contributed by atoms with E-state index in [1.54, 1.807) is 12.1 Å². The summed E-state index contributed by atoms with van der Waals surface area (Å²) in [6, 6.07) is 8.17. The van der Waals surface area contributed by atoms with Crippen LogP contribution in [0.4, 0.5) is 4.39 Å². The summed E-state index contributed by atoms with van der Waals surface area (Å²) in [7, 11) is -3.64. The predicted molar refractivity (Wildman–Crippen MR) is 79.9 cm³/mol. The van der Waals surface area contributed by atoms with Gasteiger partial charge >= 0.3 is 0 Å². The average Bonchev–Trinajstić information content (AvgIpc) is 3.16. The highest BCUT2D eigenvalue weighted by molar-refractivity contribution is 7.89. The lowest BCUT2D eigenvalue weighted by molar-refractivity contribution is 0.217. The van der Waals surface area contributed by atoms with E-state index in [0.29, 0.717) is 17.5 Å². The van der Waals surface area contributed by atoms with Gasteiger partial charge in [0.15, 0.2) is 5.76 Å². The lowest BCUT2D eigenvalue weighted by atomic mass is 10.0. The van der Waals surface area contributed by atoms with E-state index in [4.69, 9.17) is 8.94 Å². The lowest BCUT2D eigenvalue weighted by Gasteiger charge is -2.35. The summed E-state index contributed by atoms with van der Waals surface area (Å²) in [6.45, 7) is 0.471. The lowest BCUT2D eigenvalue weighted by Crippen LogP contribution is -2.48. The fourth-order valence-corrected chi connectivity index (χ4v) is 3.98. The van der Waals surface area contributed by atoms with E-state index in [0.717, 1.165) is 12.1 Å². The van der Waals surface area contributed by atoms with Crippen molar-refractivity contribution in [3.05, 3.63) is 54.4 Å². The first-order chi connectivity index (χ1) is 11.5. The molecule has 2 aromatic heterocycles. The van der Waals surface area contributed by atoms with Gasteiger partial charge in [-0.2, -0.15) is 9.29 Å². The molecule has 124 valence electrons. The molecule has 0 unspecified atom stereocenters. The van der Waals surface area contributed by atoms with E-state index in [2.05, 4.69) is 10.1 Å². The van der Waals surface area contributed by atoms with Gasteiger partial charge in [0.25, 0.3) is 0 Å². The first-order valence-corrected chi connectivity index (χ1v) is 8.61. The van der Waals surface area contributed by atoms with Gasteiger partial charge in [-0.25, -0.2) is 12.8 Å². The molecule has 0 radical (unpaired) electrons. The Morgan fingerprint density at radius 3 is 2.58 bits per heavy atom. The molecule has 0 bridgehead atoms. The fourth-order valence-electron chi connectivity index (χ4n) is 2.45. The van der Waals surface area contributed by atoms with E-state index < -0.39 is 15.8 Å². The number of hydrogen-bond acceptors (Lipinski definition) is 6. The van der Waals surface area contributed by atoms with Gasteiger partial charge in [-0.05, 0) is 36.4 Å². The molecule has 1 fully saturated rings. The van der Waals surface area contributed by atoms with Gasteiger partial charge in [0.2, 0.25) is 21.7 Å². The number of furan rings is 1. The number of benzene rings is 1. The Bertz CT molecular complexity index is 945. The zero-order chi connectivity index (χ0) is 16.7. The summed E-state index contributed by atoms with van der Waals surface area (Å²) in [5.74, 6) is 0.532. The van der Waals surface area contributed by atoms with Gasteiger partial charge in [-0.3, -0.25) is 0 Å². The van der Waals surface area contributed by atoms with Gasteiger partial charge in [0.05, 0.1) is 17.1 Å². The monoisotopic (exact) mass is 349 g/mol. The zero-order valence-electron chi connectivity index (χ0n) is 12.3. The summed E-state index contributed by atoms with van der Waals surface area (Å²) in [5.41, 5.74) is 0. The van der Waals surface area contributed by atoms with Crippen molar-refractivity contribution in [1.29, 1.82) is 0 Å². The number of aromatic nitrogens is 2. The van der Waals surface area contributed by atoms with Crippen LogP contribution >= 0.6 is 0 Å². The molecular weight excluding hydrogens is 337 g/mol. The number of nitrogens with zero attached hydrogens (tertiary/aromatic N) is 3. The Hall–Kier alpha value is -2.52. The molecule has 9 heteroatoms. The number of sulfonamides is 1. The molecule has 3 heterocycles. The second-order valence-corrected chi connectivity index (χ2v) is 7.34. The van der Waals surface area contributed by atoms with Crippen LogP contribution in [0.5, 0.6) is 0 Å². The van der Waals surface area contributed by atoms with E-state index in [1.807, 2.05) is 0 Å². The molecule has 1 aliphatic rings. The van der Waals surface area contributed by atoms with Crippen LogP contribution < -0.4 is 0 Å². The minimum Gasteiger partial charge on any atom is -0.461 e. The number of halogens is 1. The average molecular weight is 349 g/mol. The Balaban J connectivity index is 1.47. The van der Waals surface area contributed by atoms with E-state index in [9.17, 15) is 12.8 Å². The highest BCUT2D eigenvalue weighted by Crippen LogP contribution is 2.32. The zero-order valence-corrected chi connectivity index (χ0v) is 13.1. The summed E-state index contributed by atoms with van der Waals surface area (Å²) < 4.78 is 49.4. The summed E-state index contributed by atoms with van der Waals surface area (Å²) in [6.07, 6.45) is 1.51. The van der Waals surface area contributed by atoms with Gasteiger partial charge in [0, 0.05) is 13.1 Å². The van der Waals surface area contributed by atoms with Gasteiger partial charge in [-0.15, -0.1) is 0 Å². The van der Waals surface area contributed by atoms with Crippen LogP contribution in [0.1, 0.15) is 11.8 Å². The molecule has 4 rings (SSSR count). The van der Waals surface area contributed by atoms with Gasteiger partial charge in [0.1, 0.15) is 5.82 Å². The molecule has 0 N–H and O–H groups in total. The Labute approximate surface area is 136 Å². The van der Waals surface area contributed by atoms with Crippen molar-refractivity contribution in [3.8, 4) is 11.6 Å². The first kappa shape index (κ1) is 15.0. The number of rotatable bonds is 4. The quantitative estimate of drug-likeness (QED) is 0.718. The Kier molecular flexibility index (Phi) is 3.47. The largest absolute Gasteiger partial charge is 0.461 e. The van der Waals surface area contributed by atoms with Crippen LogP contribution in [0.2, 0.25) is 0 Å². The van der Waals surface area contributed by atoms with E-state index in [1.165, 1.54) is 22.7 Å². The summed E-state index contributed by atoms with van der Waals surface area (Å²) in [5, 5.41) is 3.83. The summed E-state index contributed by atoms with van der Waals surface area (Å²) in [4.78, 5) is 4.29. The van der Waals surface area contributed by atoms with Crippen LogP contribution in [0.3, 0.4) is 0 Å². The smallest absolute Gasteiger partial charge is 0.243 e. The maximum absolute atomic E-state index is 12.9. The van der Waals surface area contributed by atoms with E-state index >= 15 is 0 Å². The molecule has 3 aromatic rings. The highest BCUT2D eigenvalue weighted by Gasteiger charge is 2.40. The SMILES string of the molecule is O=S(=O)(c1ccc(F)cc1)N1CC(c2nc(-c3ccco3)no2)C1. The molecule has 24 heavy (non-hydrogen) atoms. The van der Waals surface area contributed by atoms with Crippen LogP contribution in [0.25, 0.3) is 11.6 Å². The topological polar surface area (TPSA) is 89.4 Å². The van der Waals surface area contributed by atoms with Crippen LogP contribution in [0, 0.1) is 5.82 Å². The third-order valence-electron chi connectivity index (χ3n) is 3.83. The highest BCUT2D eigenvalue weighted by atomic mass is 32.2. The van der Waals surface area contributed by atoms with Crippen molar-refractivity contribution >= 4 is 10.0 Å². The minimum absolute atomic E-state index is 0.0594. The molecule has 1 aliphatic heterocycles. The van der Waals surface area contributed by atoms with Crippen LogP contribution in [-0.4, -0.2) is 36.0 Å². The molecule has 0 saturated carbocycles. The molecule has 0 amide bonds. The normalized spacial score (nSPS) is 16.2. The Morgan fingerprint density at radius 2 is 1.92 bits per heavy atom. The molecule has 1 saturated heterocycles. The van der Waals surface area contributed by atoms with Crippen molar-refractivity contribution in [2.24, 2.45) is 0 Å². The molecule has 7 nitrogen and oxygen atoms in total. The third kappa shape index (κ3) is 2.51. The maximum Gasteiger partial charge on any atom is 0.243 e. The van der Waals surface area contributed by atoms with Crippen LogP contribution in [0.15, 0.2) is 56.5 Å². The standard InChI is InChI=1S/C15H12FN3O4S/c16-11-3-5-12(6-4-11)24(20,21)19-8-10(9-19)15-17-14(18-23-15)13-2-1-7-22-13/h1-7,10H,8-9H2. The van der Waals surface area contributed by atoms with Gasteiger partial charge in [-0.1, -0.05) is 5.16 Å². The van der Waals surface area contributed by atoms with Gasteiger partial charge < -0.3 is 8.94 Å². The second kappa shape index (κ2) is 5.53. The third-order valence-corrected chi connectivity index (χ3v) is 5.68. The summed E-state index contributed by atoms with van der Waals surface area (Å²) >= 11 is 0. The fraction of sp³-hybridized carbons (Fsp3) is 0.200. The molecular formula is C15H12FN3O4S. The van der Waals surface area contributed by atoms with Crippen molar-refractivity contribution in [2.75, 3.05) is 13.1 Å². The van der Waals surface area contributed by atoms with Crippen molar-refractivity contribution < 1.29 is 21.7 Å². The maximum atomic E-state index is 12.9. The molecule has 0 aliphatic carbocycles. The van der Waals surface area contributed by atoms with Crippen LogP contribution in [-0.2, 0) is 10.0 Å².